The van der Waals surface area contributed by atoms with Gasteiger partial charge in [0.2, 0.25) is 0 Å². The van der Waals surface area contributed by atoms with Crippen LogP contribution in [0.1, 0.15) is 54.7 Å². The number of carbonyl (C=O) groups is 2. The lowest BCUT2D eigenvalue weighted by molar-refractivity contribution is -0.156. The van der Waals surface area contributed by atoms with Crippen molar-refractivity contribution in [2.24, 2.45) is 0 Å². The minimum Gasteiger partial charge on any atom is -0.454 e. The fourth-order valence-corrected chi connectivity index (χ4v) is 3.48. The lowest BCUT2D eigenvalue weighted by Gasteiger charge is -2.21. The van der Waals surface area contributed by atoms with Gasteiger partial charge in [0.25, 0.3) is 0 Å². The van der Waals surface area contributed by atoms with Gasteiger partial charge in [-0.25, -0.2) is 0 Å². The van der Waals surface area contributed by atoms with E-state index >= 15 is 0 Å². The molecule has 0 aliphatic carbocycles. The molecule has 1 heterocycles. The highest BCUT2D eigenvalue weighted by Crippen LogP contribution is 2.27. The van der Waals surface area contributed by atoms with E-state index < -0.39 is 18.0 Å². The number of rotatable bonds is 10. The molecule has 0 N–H and O–H groups in total. The fraction of sp³-hybridized carbons (Fsp3) is 0.320. The van der Waals surface area contributed by atoms with Crippen molar-refractivity contribution >= 4 is 11.8 Å². The third kappa shape index (κ3) is 5.66. The Morgan fingerprint density at radius 1 is 1.00 bits per heavy atom. The maximum atomic E-state index is 13.1. The van der Waals surface area contributed by atoms with Crippen molar-refractivity contribution < 1.29 is 18.8 Å². The maximum Gasteiger partial charge on any atom is 0.318 e. The van der Waals surface area contributed by atoms with Crippen molar-refractivity contribution in [1.82, 2.24) is 5.16 Å². The first-order valence-electron chi connectivity index (χ1n) is 10.3. The molecule has 1 unspecified atom stereocenters. The molecular weight excluding hydrogens is 378 g/mol. The van der Waals surface area contributed by atoms with E-state index in [0.717, 1.165) is 22.6 Å². The number of aromatic nitrogens is 1. The van der Waals surface area contributed by atoms with Crippen LogP contribution in [0.3, 0.4) is 0 Å². The summed E-state index contributed by atoms with van der Waals surface area (Å²) < 4.78 is 10.8. The van der Waals surface area contributed by atoms with Crippen molar-refractivity contribution in [2.75, 3.05) is 0 Å². The van der Waals surface area contributed by atoms with Gasteiger partial charge in [0.15, 0.2) is 11.9 Å². The van der Waals surface area contributed by atoms with Gasteiger partial charge in [-0.3, -0.25) is 9.59 Å². The molecule has 0 bridgehead atoms. The van der Waals surface area contributed by atoms with E-state index in [1.54, 1.807) is 0 Å². The molecule has 156 valence electrons. The Labute approximate surface area is 177 Å². The molecule has 2 aromatic carbocycles. The molecule has 0 aliphatic rings. The average molecular weight is 405 g/mol. The summed E-state index contributed by atoms with van der Waals surface area (Å²) in [5.74, 6) is -0.275. The zero-order chi connectivity index (χ0) is 21.3. The lowest BCUT2D eigenvalue weighted by atomic mass is 9.91. The number of aryl methyl sites for hydroxylation is 2. The monoisotopic (exact) mass is 405 g/mol. The van der Waals surface area contributed by atoms with Gasteiger partial charge in [0, 0.05) is 12.5 Å². The first kappa shape index (κ1) is 21.5. The molecule has 0 radical (unpaired) electrons. The number of nitrogens with zero attached hydrogens (tertiary/aromatic N) is 1. The highest BCUT2D eigenvalue weighted by molar-refractivity contribution is 5.88. The number of Topliss-reactive ketones (excluding diaryl/α,β-unsaturated/α-hetero) is 1. The highest BCUT2D eigenvalue weighted by Gasteiger charge is 2.28. The van der Waals surface area contributed by atoms with E-state index in [1.165, 1.54) is 0 Å². The van der Waals surface area contributed by atoms with Crippen LogP contribution in [-0.2, 0) is 20.7 Å². The van der Waals surface area contributed by atoms with Crippen molar-refractivity contribution in [3.63, 3.8) is 0 Å². The molecule has 0 spiro atoms. The maximum absolute atomic E-state index is 13.1. The number of hydrogen-bond donors (Lipinski definition) is 0. The van der Waals surface area contributed by atoms with Crippen LogP contribution in [0.2, 0.25) is 0 Å². The SMILES string of the molecule is CCC(OC(=O)C(c1ccccc1)c1ccccc1)C(=O)CCCc1cc(C)on1. The summed E-state index contributed by atoms with van der Waals surface area (Å²) in [6.45, 7) is 3.70. The Morgan fingerprint density at radius 3 is 2.10 bits per heavy atom. The lowest BCUT2D eigenvalue weighted by Crippen LogP contribution is -2.29. The molecular formula is C25H27NO4. The highest BCUT2D eigenvalue weighted by atomic mass is 16.5. The number of hydrogen-bond acceptors (Lipinski definition) is 5. The van der Waals surface area contributed by atoms with Crippen molar-refractivity contribution in [3.05, 3.63) is 89.3 Å². The average Bonchev–Trinajstić information content (AvgIpc) is 3.18. The van der Waals surface area contributed by atoms with Crippen LogP contribution in [0.15, 0.2) is 71.3 Å². The Bertz CT molecular complexity index is 910. The van der Waals surface area contributed by atoms with Gasteiger partial charge in [-0.1, -0.05) is 72.7 Å². The predicted molar refractivity (Wildman–Crippen MR) is 114 cm³/mol. The summed E-state index contributed by atoms with van der Waals surface area (Å²) in [5.41, 5.74) is 2.52. The summed E-state index contributed by atoms with van der Waals surface area (Å²) in [6.07, 6.45) is 1.33. The summed E-state index contributed by atoms with van der Waals surface area (Å²) in [6, 6.07) is 20.9. The van der Waals surface area contributed by atoms with E-state index in [4.69, 9.17) is 9.26 Å². The normalized spacial score (nSPS) is 12.0. The van der Waals surface area contributed by atoms with Crippen LogP contribution < -0.4 is 0 Å². The molecule has 0 saturated heterocycles. The minimum atomic E-state index is -0.744. The van der Waals surface area contributed by atoms with Gasteiger partial charge in [-0.2, -0.15) is 0 Å². The molecule has 0 aliphatic heterocycles. The van der Waals surface area contributed by atoms with E-state index in [1.807, 2.05) is 80.6 Å². The van der Waals surface area contributed by atoms with Gasteiger partial charge < -0.3 is 9.26 Å². The van der Waals surface area contributed by atoms with Gasteiger partial charge in [0.1, 0.15) is 11.7 Å². The Morgan fingerprint density at radius 2 is 1.60 bits per heavy atom. The molecule has 3 rings (SSSR count). The number of benzene rings is 2. The van der Waals surface area contributed by atoms with Crippen LogP contribution in [0.25, 0.3) is 0 Å². The Balaban J connectivity index is 1.66. The van der Waals surface area contributed by atoms with Crippen LogP contribution in [0.5, 0.6) is 0 Å². The number of esters is 1. The quantitative estimate of drug-likeness (QED) is 0.443. The second-order valence-corrected chi connectivity index (χ2v) is 7.34. The number of ether oxygens (including phenoxy) is 1. The molecule has 1 atom stereocenters. The molecule has 1 aromatic heterocycles. The molecule has 5 heteroatoms. The smallest absolute Gasteiger partial charge is 0.318 e. The minimum absolute atomic E-state index is 0.0639. The van der Waals surface area contributed by atoms with Crippen molar-refractivity contribution in [2.45, 2.75) is 51.6 Å². The number of ketones is 1. The third-order valence-corrected chi connectivity index (χ3v) is 5.02. The summed E-state index contributed by atoms with van der Waals surface area (Å²) in [5, 5.41) is 3.94. The standard InChI is InChI=1S/C25H27NO4/c1-3-23(22(27)16-10-15-21-17-18(2)30-26-21)29-25(28)24(19-11-6-4-7-12-19)20-13-8-5-9-14-20/h4-9,11-14,17,23-24H,3,10,15-16H2,1-2H3. The second-order valence-electron chi connectivity index (χ2n) is 7.34. The van der Waals surface area contributed by atoms with Gasteiger partial charge >= 0.3 is 5.97 Å². The largest absolute Gasteiger partial charge is 0.454 e. The summed E-state index contributed by atoms with van der Waals surface area (Å²) in [4.78, 5) is 25.8. The van der Waals surface area contributed by atoms with Crippen molar-refractivity contribution in [3.8, 4) is 0 Å². The summed E-state index contributed by atoms with van der Waals surface area (Å²) >= 11 is 0. The van der Waals surface area contributed by atoms with E-state index in [2.05, 4.69) is 5.16 Å². The predicted octanol–water partition coefficient (Wildman–Crippen LogP) is 5.03. The Hall–Kier alpha value is -3.21. The van der Waals surface area contributed by atoms with Gasteiger partial charge in [0.05, 0.1) is 5.69 Å². The van der Waals surface area contributed by atoms with Crippen LogP contribution >= 0.6 is 0 Å². The first-order valence-corrected chi connectivity index (χ1v) is 10.3. The van der Waals surface area contributed by atoms with Crippen LogP contribution in [-0.4, -0.2) is 23.0 Å². The van der Waals surface area contributed by atoms with Gasteiger partial charge in [-0.15, -0.1) is 0 Å². The molecule has 0 fully saturated rings. The van der Waals surface area contributed by atoms with Crippen molar-refractivity contribution in [1.29, 1.82) is 0 Å². The second kappa shape index (κ2) is 10.5. The molecule has 0 saturated carbocycles. The number of carbonyl (C=O) groups excluding carboxylic acids is 2. The molecule has 5 nitrogen and oxygen atoms in total. The van der Waals surface area contributed by atoms with E-state index in [0.29, 0.717) is 25.7 Å². The molecule has 3 aromatic rings. The fourth-order valence-electron chi connectivity index (χ4n) is 3.48. The van der Waals surface area contributed by atoms with Crippen LogP contribution in [0.4, 0.5) is 0 Å². The summed E-state index contributed by atoms with van der Waals surface area (Å²) in [7, 11) is 0. The third-order valence-electron chi connectivity index (χ3n) is 5.02. The topological polar surface area (TPSA) is 69.4 Å². The Kier molecular flexibility index (Phi) is 7.55. The zero-order valence-corrected chi connectivity index (χ0v) is 17.4. The van der Waals surface area contributed by atoms with E-state index in [9.17, 15) is 9.59 Å². The molecule has 0 amide bonds. The van der Waals surface area contributed by atoms with Crippen LogP contribution in [0, 0.1) is 6.92 Å². The first-order chi connectivity index (χ1) is 14.6. The van der Waals surface area contributed by atoms with Gasteiger partial charge in [-0.05, 0) is 37.3 Å². The zero-order valence-electron chi connectivity index (χ0n) is 17.4. The van der Waals surface area contributed by atoms with E-state index in [-0.39, 0.29) is 5.78 Å². The molecule has 30 heavy (non-hydrogen) atoms.